The molecule has 1 atom stereocenters. The van der Waals surface area contributed by atoms with Gasteiger partial charge in [0.1, 0.15) is 5.75 Å². The molecular formula is C20H25N3O3. The zero-order chi connectivity index (χ0) is 19.1. The van der Waals surface area contributed by atoms with Gasteiger partial charge < -0.3 is 21.1 Å². The predicted molar refractivity (Wildman–Crippen MR) is 101 cm³/mol. The van der Waals surface area contributed by atoms with E-state index in [0.717, 1.165) is 16.9 Å². The van der Waals surface area contributed by atoms with Crippen LogP contribution in [0.2, 0.25) is 0 Å². The number of nitrogens with two attached hydrogens (primary N) is 1. The minimum atomic E-state index is -0.578. The number of ether oxygens (including phenoxy) is 1. The van der Waals surface area contributed by atoms with Crippen molar-refractivity contribution in [2.75, 3.05) is 7.11 Å². The van der Waals surface area contributed by atoms with Gasteiger partial charge in [0.05, 0.1) is 13.2 Å². The first-order valence-electron chi connectivity index (χ1n) is 8.47. The van der Waals surface area contributed by atoms with Crippen molar-refractivity contribution in [1.82, 2.24) is 10.6 Å². The standard InChI is InChI=1S/C20H25N3O3/c1-13(2)18(15-8-10-17(26-3)11-9-15)23-19(24)16-6-4-14(5-7-16)12-22-20(21)25/h4-11,13,18H,12H2,1-3H3,(H,23,24)(H3,21,22,25)/t18-/m0/s1. The fourth-order valence-corrected chi connectivity index (χ4v) is 2.63. The summed E-state index contributed by atoms with van der Waals surface area (Å²) >= 11 is 0. The Morgan fingerprint density at radius 3 is 2.15 bits per heavy atom. The summed E-state index contributed by atoms with van der Waals surface area (Å²) < 4.78 is 5.18. The molecule has 0 unspecified atom stereocenters. The highest BCUT2D eigenvalue weighted by atomic mass is 16.5. The zero-order valence-corrected chi connectivity index (χ0v) is 15.3. The predicted octanol–water partition coefficient (Wildman–Crippen LogP) is 2.99. The number of urea groups is 1. The number of benzene rings is 2. The van der Waals surface area contributed by atoms with Crippen molar-refractivity contribution < 1.29 is 14.3 Å². The van der Waals surface area contributed by atoms with Crippen LogP contribution in [0.5, 0.6) is 5.75 Å². The van der Waals surface area contributed by atoms with Crippen molar-refractivity contribution in [2.24, 2.45) is 11.7 Å². The average Bonchev–Trinajstić information content (AvgIpc) is 2.64. The molecule has 0 saturated heterocycles. The van der Waals surface area contributed by atoms with E-state index in [2.05, 4.69) is 24.5 Å². The van der Waals surface area contributed by atoms with E-state index in [0.29, 0.717) is 12.1 Å². The summed E-state index contributed by atoms with van der Waals surface area (Å²) in [5.74, 6) is 0.864. The first kappa shape index (κ1) is 19.3. The molecule has 3 amide bonds. The monoisotopic (exact) mass is 355 g/mol. The number of primary amides is 1. The quantitative estimate of drug-likeness (QED) is 0.713. The third kappa shape index (κ3) is 5.24. The van der Waals surface area contributed by atoms with Gasteiger partial charge in [-0.25, -0.2) is 4.79 Å². The van der Waals surface area contributed by atoms with Crippen molar-refractivity contribution in [2.45, 2.75) is 26.4 Å². The minimum absolute atomic E-state index is 0.107. The number of methoxy groups -OCH3 is 1. The highest BCUT2D eigenvalue weighted by molar-refractivity contribution is 5.94. The highest BCUT2D eigenvalue weighted by Gasteiger charge is 2.19. The van der Waals surface area contributed by atoms with Gasteiger partial charge in [-0.05, 0) is 41.3 Å². The number of rotatable bonds is 7. The fraction of sp³-hybridized carbons (Fsp3) is 0.300. The van der Waals surface area contributed by atoms with Crippen molar-refractivity contribution in [3.05, 3.63) is 65.2 Å². The van der Waals surface area contributed by atoms with Crippen LogP contribution in [0, 0.1) is 5.92 Å². The molecule has 6 nitrogen and oxygen atoms in total. The van der Waals surface area contributed by atoms with Gasteiger partial charge in [0, 0.05) is 12.1 Å². The second-order valence-electron chi connectivity index (χ2n) is 6.38. The van der Waals surface area contributed by atoms with Crippen LogP contribution in [0.15, 0.2) is 48.5 Å². The Morgan fingerprint density at radius 1 is 1.04 bits per heavy atom. The Bertz CT molecular complexity index is 740. The molecule has 2 rings (SSSR count). The van der Waals surface area contributed by atoms with Crippen molar-refractivity contribution in [3.8, 4) is 5.75 Å². The van der Waals surface area contributed by atoms with Gasteiger partial charge in [0.25, 0.3) is 5.91 Å². The molecule has 0 aliphatic carbocycles. The second kappa shape index (κ2) is 8.89. The lowest BCUT2D eigenvalue weighted by atomic mass is 9.95. The van der Waals surface area contributed by atoms with Crippen LogP contribution < -0.4 is 21.1 Å². The number of amides is 3. The Hall–Kier alpha value is -3.02. The molecule has 0 fully saturated rings. The van der Waals surface area contributed by atoms with Crippen molar-refractivity contribution >= 4 is 11.9 Å². The van der Waals surface area contributed by atoms with E-state index in [9.17, 15) is 9.59 Å². The van der Waals surface area contributed by atoms with Crippen LogP contribution in [0.4, 0.5) is 4.79 Å². The van der Waals surface area contributed by atoms with Gasteiger partial charge in [-0.1, -0.05) is 38.1 Å². The average molecular weight is 355 g/mol. The molecule has 4 N–H and O–H groups in total. The third-order valence-electron chi connectivity index (χ3n) is 4.11. The maximum atomic E-state index is 12.6. The van der Waals surface area contributed by atoms with Crippen molar-refractivity contribution in [3.63, 3.8) is 0 Å². The van der Waals surface area contributed by atoms with Crippen LogP contribution in [0.3, 0.4) is 0 Å². The lowest BCUT2D eigenvalue weighted by molar-refractivity contribution is 0.0925. The van der Waals surface area contributed by atoms with Gasteiger partial charge >= 0.3 is 6.03 Å². The molecule has 0 bridgehead atoms. The molecule has 0 radical (unpaired) electrons. The summed E-state index contributed by atoms with van der Waals surface area (Å²) in [4.78, 5) is 23.4. The molecule has 6 heteroatoms. The van der Waals surface area contributed by atoms with Crippen molar-refractivity contribution in [1.29, 1.82) is 0 Å². The van der Waals surface area contributed by atoms with E-state index in [1.54, 1.807) is 31.4 Å². The van der Waals surface area contributed by atoms with Gasteiger partial charge in [-0.2, -0.15) is 0 Å². The largest absolute Gasteiger partial charge is 0.497 e. The molecule has 2 aromatic rings. The maximum Gasteiger partial charge on any atom is 0.312 e. The fourth-order valence-electron chi connectivity index (χ4n) is 2.63. The summed E-state index contributed by atoms with van der Waals surface area (Å²) in [7, 11) is 1.62. The lowest BCUT2D eigenvalue weighted by Crippen LogP contribution is -2.31. The van der Waals surface area contributed by atoms with Gasteiger partial charge in [0.2, 0.25) is 0 Å². The van der Waals surface area contributed by atoms with Crippen LogP contribution in [-0.4, -0.2) is 19.0 Å². The van der Waals surface area contributed by atoms with E-state index in [1.807, 2.05) is 24.3 Å². The Balaban J connectivity index is 2.08. The zero-order valence-electron chi connectivity index (χ0n) is 15.3. The Morgan fingerprint density at radius 2 is 1.65 bits per heavy atom. The summed E-state index contributed by atoms with van der Waals surface area (Å²) in [6.07, 6.45) is 0. The smallest absolute Gasteiger partial charge is 0.312 e. The molecule has 0 heterocycles. The lowest BCUT2D eigenvalue weighted by Gasteiger charge is -2.23. The summed E-state index contributed by atoms with van der Waals surface area (Å²) in [5, 5.41) is 5.60. The number of hydrogen-bond acceptors (Lipinski definition) is 3. The normalized spacial score (nSPS) is 11.7. The van der Waals surface area contributed by atoms with E-state index >= 15 is 0 Å². The van der Waals surface area contributed by atoms with E-state index in [1.165, 1.54) is 0 Å². The van der Waals surface area contributed by atoms with Crippen LogP contribution in [-0.2, 0) is 6.54 Å². The molecule has 0 aromatic heterocycles. The minimum Gasteiger partial charge on any atom is -0.497 e. The highest BCUT2D eigenvalue weighted by Crippen LogP contribution is 2.24. The number of nitrogens with one attached hydrogen (secondary N) is 2. The molecule has 0 aliphatic heterocycles. The third-order valence-corrected chi connectivity index (χ3v) is 4.11. The van der Waals surface area contributed by atoms with Crippen LogP contribution in [0.25, 0.3) is 0 Å². The van der Waals surface area contributed by atoms with Crippen LogP contribution >= 0.6 is 0 Å². The molecule has 0 saturated carbocycles. The maximum absolute atomic E-state index is 12.6. The Labute approximate surface area is 153 Å². The van der Waals surface area contributed by atoms with E-state index < -0.39 is 6.03 Å². The molecule has 0 spiro atoms. The Kier molecular flexibility index (Phi) is 6.60. The summed E-state index contributed by atoms with van der Waals surface area (Å²) in [5.41, 5.74) is 7.51. The number of carbonyl (C=O) groups excluding carboxylic acids is 2. The molecule has 0 aliphatic rings. The molecule has 2 aromatic carbocycles. The molecular weight excluding hydrogens is 330 g/mol. The molecule has 138 valence electrons. The van der Waals surface area contributed by atoms with Crippen LogP contribution in [0.1, 0.15) is 41.4 Å². The van der Waals surface area contributed by atoms with Gasteiger partial charge in [-0.15, -0.1) is 0 Å². The summed E-state index contributed by atoms with van der Waals surface area (Å²) in [6, 6.07) is 14.1. The first-order chi connectivity index (χ1) is 12.4. The molecule has 26 heavy (non-hydrogen) atoms. The van der Waals surface area contributed by atoms with Gasteiger partial charge in [0.15, 0.2) is 0 Å². The van der Waals surface area contributed by atoms with Gasteiger partial charge in [-0.3, -0.25) is 4.79 Å². The summed E-state index contributed by atoms with van der Waals surface area (Å²) in [6.45, 7) is 4.46. The number of hydrogen-bond donors (Lipinski definition) is 3. The second-order valence-corrected chi connectivity index (χ2v) is 6.38. The topological polar surface area (TPSA) is 93.4 Å². The first-order valence-corrected chi connectivity index (χ1v) is 8.47. The SMILES string of the molecule is COc1ccc([C@@H](NC(=O)c2ccc(CNC(N)=O)cc2)C(C)C)cc1. The van der Waals surface area contributed by atoms with E-state index in [-0.39, 0.29) is 17.9 Å². The van der Waals surface area contributed by atoms with E-state index in [4.69, 9.17) is 10.5 Å². The number of carbonyl (C=O) groups is 2.